The second-order valence-electron chi connectivity index (χ2n) is 11.2. The van der Waals surface area contributed by atoms with Gasteiger partial charge in [-0.1, -0.05) is 25.0 Å². The maximum atomic E-state index is 15.7. The highest BCUT2D eigenvalue weighted by molar-refractivity contribution is 6.15. The van der Waals surface area contributed by atoms with Gasteiger partial charge in [0.25, 0.3) is 5.91 Å². The number of amidine groups is 1. The Balaban J connectivity index is 1.18. The van der Waals surface area contributed by atoms with Crippen LogP contribution in [0.15, 0.2) is 58.1 Å². The van der Waals surface area contributed by atoms with Gasteiger partial charge in [0.15, 0.2) is 0 Å². The van der Waals surface area contributed by atoms with Gasteiger partial charge >= 0.3 is 0 Å². The minimum Gasteiger partial charge on any atom is -0.464 e. The number of carbonyl (C=O) groups is 2. The lowest BCUT2D eigenvalue weighted by Gasteiger charge is -2.25. The fourth-order valence-corrected chi connectivity index (χ4v) is 6.37. The lowest BCUT2D eigenvalue weighted by Crippen LogP contribution is -2.44. The molecule has 37 heavy (non-hydrogen) atoms. The summed E-state index contributed by atoms with van der Waals surface area (Å²) < 4.78 is 21.1. The molecule has 0 N–H and O–H groups in total. The fraction of sp³-hybridized carbons (Fsp3) is 0.433. The number of hydrogen-bond acceptors (Lipinski definition) is 4. The van der Waals surface area contributed by atoms with E-state index in [4.69, 9.17) is 9.41 Å². The molecule has 4 aliphatic rings. The first-order chi connectivity index (χ1) is 18.0. The van der Waals surface area contributed by atoms with Gasteiger partial charge in [-0.2, -0.15) is 0 Å². The minimum atomic E-state index is -0.755. The lowest BCUT2D eigenvalue weighted by atomic mass is 9.97. The highest BCUT2D eigenvalue weighted by Crippen LogP contribution is 2.41. The number of amides is 2. The maximum Gasteiger partial charge on any atom is 0.256 e. The number of rotatable bonds is 5. The molecule has 6 nitrogen and oxygen atoms in total. The van der Waals surface area contributed by atoms with Crippen molar-refractivity contribution in [3.05, 3.63) is 60.1 Å². The van der Waals surface area contributed by atoms with Crippen LogP contribution in [0.5, 0.6) is 0 Å². The van der Waals surface area contributed by atoms with Crippen LogP contribution >= 0.6 is 0 Å². The van der Waals surface area contributed by atoms with Crippen molar-refractivity contribution in [1.82, 2.24) is 9.80 Å². The van der Waals surface area contributed by atoms with Gasteiger partial charge in [-0.3, -0.25) is 19.5 Å². The predicted octanol–water partition coefficient (Wildman–Crippen LogP) is 5.40. The lowest BCUT2D eigenvalue weighted by molar-refractivity contribution is -0.131. The van der Waals surface area contributed by atoms with Crippen molar-refractivity contribution in [3.8, 4) is 11.1 Å². The van der Waals surface area contributed by atoms with Gasteiger partial charge in [0.05, 0.1) is 11.8 Å². The molecule has 3 fully saturated rings. The van der Waals surface area contributed by atoms with Crippen LogP contribution < -0.4 is 0 Å². The molecule has 2 aliphatic carbocycles. The Bertz CT molecular complexity index is 1430. The quantitative estimate of drug-likeness (QED) is 0.472. The fourth-order valence-electron chi connectivity index (χ4n) is 6.37. The SMILES string of the molecule is O=C(C1CC1)N1CC[C@@H](CN2C(=O)C3(CCCC3)N=C2c2ccc(-c3ccc4occc4c3)cc2F)C1. The molecule has 190 valence electrons. The maximum absolute atomic E-state index is 15.7. The van der Waals surface area contributed by atoms with E-state index < -0.39 is 5.54 Å². The monoisotopic (exact) mass is 499 g/mol. The van der Waals surface area contributed by atoms with Crippen LogP contribution in [0.25, 0.3) is 22.1 Å². The Morgan fingerprint density at radius 2 is 1.84 bits per heavy atom. The zero-order valence-electron chi connectivity index (χ0n) is 20.8. The molecule has 1 aromatic heterocycles. The summed E-state index contributed by atoms with van der Waals surface area (Å²) in [5.74, 6) is 0.708. The number of halogens is 1. The first kappa shape index (κ1) is 22.7. The third-order valence-corrected chi connectivity index (χ3v) is 8.61. The highest BCUT2D eigenvalue weighted by Gasteiger charge is 2.51. The van der Waals surface area contributed by atoms with Crippen LogP contribution in [0, 0.1) is 17.7 Å². The van der Waals surface area contributed by atoms with Crippen LogP contribution in [0.2, 0.25) is 0 Å². The number of furan rings is 1. The zero-order valence-corrected chi connectivity index (χ0v) is 20.8. The molecule has 1 atom stereocenters. The number of likely N-dealkylation sites (tertiary alicyclic amines) is 1. The topological polar surface area (TPSA) is 66.1 Å². The summed E-state index contributed by atoms with van der Waals surface area (Å²) in [4.78, 5) is 34.9. The van der Waals surface area contributed by atoms with Crippen LogP contribution in [-0.2, 0) is 9.59 Å². The van der Waals surface area contributed by atoms with E-state index in [9.17, 15) is 9.59 Å². The molecular formula is C30H30FN3O3. The van der Waals surface area contributed by atoms with E-state index in [-0.39, 0.29) is 29.5 Å². The summed E-state index contributed by atoms with van der Waals surface area (Å²) >= 11 is 0. The van der Waals surface area contributed by atoms with Gasteiger partial charge < -0.3 is 9.32 Å². The van der Waals surface area contributed by atoms with Crippen molar-refractivity contribution >= 4 is 28.6 Å². The Hall–Kier alpha value is -3.48. The number of fused-ring (bicyclic) bond motifs is 1. The van der Waals surface area contributed by atoms with Gasteiger partial charge in [0, 0.05) is 30.9 Å². The molecule has 1 saturated heterocycles. The number of benzene rings is 2. The molecular weight excluding hydrogens is 469 g/mol. The largest absolute Gasteiger partial charge is 0.464 e. The summed E-state index contributed by atoms with van der Waals surface area (Å²) in [6, 6.07) is 12.9. The Morgan fingerprint density at radius 1 is 1.05 bits per heavy atom. The van der Waals surface area contributed by atoms with Crippen LogP contribution in [0.3, 0.4) is 0 Å². The molecule has 2 saturated carbocycles. The van der Waals surface area contributed by atoms with E-state index in [1.807, 2.05) is 35.2 Å². The number of aliphatic imine (C=N–C) groups is 1. The van der Waals surface area contributed by atoms with Gasteiger partial charge in [-0.25, -0.2) is 4.39 Å². The molecule has 1 spiro atoms. The second kappa shape index (κ2) is 8.54. The summed E-state index contributed by atoms with van der Waals surface area (Å²) in [6.45, 7) is 1.88. The molecule has 7 rings (SSSR count). The third kappa shape index (κ3) is 3.87. The molecule has 0 unspecified atom stereocenters. The summed E-state index contributed by atoms with van der Waals surface area (Å²) in [5.41, 5.74) is 2.07. The first-order valence-corrected chi connectivity index (χ1v) is 13.5. The normalized spacial score (nSPS) is 23.0. The van der Waals surface area contributed by atoms with Gasteiger partial charge in [-0.05, 0) is 79.5 Å². The number of hydrogen-bond donors (Lipinski definition) is 0. The minimum absolute atomic E-state index is 0.000792. The number of carbonyl (C=O) groups excluding carboxylic acids is 2. The molecule has 7 heteroatoms. The van der Waals surface area contributed by atoms with E-state index in [0.717, 1.165) is 60.7 Å². The van der Waals surface area contributed by atoms with Crippen molar-refractivity contribution in [3.63, 3.8) is 0 Å². The molecule has 0 radical (unpaired) electrons. The smallest absolute Gasteiger partial charge is 0.256 e. The van der Waals surface area contributed by atoms with Crippen molar-refractivity contribution in [2.75, 3.05) is 19.6 Å². The Labute approximate surface area is 215 Å². The Kier molecular flexibility index (Phi) is 5.24. The average Bonchev–Trinajstić information content (AvgIpc) is 3.25. The summed E-state index contributed by atoms with van der Waals surface area (Å²) in [6.07, 6.45) is 7.85. The average molecular weight is 500 g/mol. The molecule has 0 bridgehead atoms. The van der Waals surface area contributed by atoms with Crippen molar-refractivity contribution in [2.45, 2.75) is 50.5 Å². The van der Waals surface area contributed by atoms with Crippen LogP contribution in [-0.4, -0.2) is 52.6 Å². The van der Waals surface area contributed by atoms with Crippen molar-refractivity contribution < 1.29 is 18.4 Å². The van der Waals surface area contributed by atoms with E-state index in [1.54, 1.807) is 17.2 Å². The molecule has 3 aromatic rings. The van der Waals surface area contributed by atoms with E-state index in [1.165, 1.54) is 6.07 Å². The highest BCUT2D eigenvalue weighted by atomic mass is 19.1. The molecule has 2 aromatic carbocycles. The van der Waals surface area contributed by atoms with E-state index in [2.05, 4.69) is 0 Å². The van der Waals surface area contributed by atoms with Crippen molar-refractivity contribution in [2.24, 2.45) is 16.8 Å². The Morgan fingerprint density at radius 3 is 2.62 bits per heavy atom. The van der Waals surface area contributed by atoms with Crippen molar-refractivity contribution in [1.29, 1.82) is 0 Å². The molecule has 2 aliphatic heterocycles. The van der Waals surface area contributed by atoms with Crippen LogP contribution in [0.4, 0.5) is 4.39 Å². The van der Waals surface area contributed by atoms with Gasteiger partial charge in [-0.15, -0.1) is 0 Å². The molecule has 2 amide bonds. The standard InChI is InChI=1S/C30H30FN3O3/c31-25-16-22(21-6-8-26-23(15-21)10-14-37-26)5-7-24(25)27-32-30(11-1-2-12-30)29(36)34(27)18-19-9-13-33(17-19)28(35)20-3-4-20/h5-8,10,14-16,19-20H,1-4,9,11-13,17-18H2/t19-/m1/s1. The second-order valence-corrected chi connectivity index (χ2v) is 11.2. The van der Waals surface area contributed by atoms with E-state index >= 15 is 4.39 Å². The molecule has 3 heterocycles. The van der Waals surface area contributed by atoms with Gasteiger partial charge in [0.1, 0.15) is 22.8 Å². The summed E-state index contributed by atoms with van der Waals surface area (Å²) in [5, 5.41) is 0.966. The van der Waals surface area contributed by atoms with Crippen LogP contribution in [0.1, 0.15) is 50.5 Å². The third-order valence-electron chi connectivity index (χ3n) is 8.61. The summed E-state index contributed by atoms with van der Waals surface area (Å²) in [7, 11) is 0. The first-order valence-electron chi connectivity index (χ1n) is 13.5. The van der Waals surface area contributed by atoms with Gasteiger partial charge in [0.2, 0.25) is 5.91 Å². The zero-order chi connectivity index (χ0) is 25.1. The van der Waals surface area contributed by atoms with E-state index in [0.29, 0.717) is 37.3 Å². The number of nitrogens with zero attached hydrogens (tertiary/aromatic N) is 3. The predicted molar refractivity (Wildman–Crippen MR) is 138 cm³/mol.